The Balaban J connectivity index is 2.83. The lowest BCUT2D eigenvalue weighted by Crippen LogP contribution is -1.83. The molecule has 6 heavy (non-hydrogen) atoms. The summed E-state index contributed by atoms with van der Waals surface area (Å²) >= 11 is 0. The molecule has 0 fully saturated rings. The second-order valence-corrected chi connectivity index (χ2v) is 1.86. The van der Waals surface area contributed by atoms with Gasteiger partial charge in [0.05, 0.1) is 8.50 Å². The topological polar surface area (TPSA) is 26.3 Å². The molecule has 0 N–H and O–H groups in total. The van der Waals surface area contributed by atoms with Crippen LogP contribution in [0, 0.1) is 0 Å². The Labute approximate surface area is 40.6 Å². The van der Waals surface area contributed by atoms with E-state index in [1.807, 2.05) is 0 Å². The van der Waals surface area contributed by atoms with Crippen molar-refractivity contribution in [2.75, 3.05) is 0 Å². The van der Waals surface area contributed by atoms with E-state index >= 15 is 0 Å². The van der Waals surface area contributed by atoms with Crippen LogP contribution in [0.4, 0.5) is 0 Å². The summed E-state index contributed by atoms with van der Waals surface area (Å²) < 4.78 is 4.39. The first kappa shape index (κ1) is 6.33. The maximum atomic E-state index is 9.82. The molecule has 0 amide bonds. The summed E-state index contributed by atoms with van der Waals surface area (Å²) in [5, 5.41) is 0. The largest absolute Gasteiger partial charge is 0.444 e. The second kappa shape index (κ2) is 3.52. The monoisotopic (exact) mass is 124 g/mol. The van der Waals surface area contributed by atoms with E-state index in [0.717, 1.165) is 0 Å². The highest BCUT2D eigenvalue weighted by atomic mass is 32.0. The zero-order valence-corrected chi connectivity index (χ0v) is 5.55. The van der Waals surface area contributed by atoms with Crippen LogP contribution >= 0.6 is 17.4 Å². The SMILES string of the molecule is CC(=O)OPP. The Morgan fingerprint density at radius 2 is 2.50 bits per heavy atom. The van der Waals surface area contributed by atoms with Gasteiger partial charge in [-0.15, -0.1) is 0 Å². The number of rotatable bonds is 1. The lowest BCUT2D eigenvalue weighted by atomic mass is 10.9. The molecule has 0 saturated carbocycles. The van der Waals surface area contributed by atoms with Crippen molar-refractivity contribution in [3.63, 3.8) is 0 Å². The number of hydrogen-bond donors (Lipinski definition) is 0. The summed E-state index contributed by atoms with van der Waals surface area (Å²) in [5.74, 6) is -0.219. The quantitative estimate of drug-likeness (QED) is 0.486. The Hall–Kier alpha value is 0.330. The van der Waals surface area contributed by atoms with Gasteiger partial charge in [-0.3, -0.25) is 4.79 Å². The van der Waals surface area contributed by atoms with Gasteiger partial charge in [0.25, 0.3) is 0 Å². The fourth-order valence-electron chi connectivity index (χ4n) is 0.0830. The lowest BCUT2D eigenvalue weighted by molar-refractivity contribution is -0.130. The van der Waals surface area contributed by atoms with Crippen LogP contribution in [-0.4, -0.2) is 5.97 Å². The Bertz CT molecular complexity index is 53.5. The molecule has 2 unspecified atom stereocenters. The molecular formula is C2H6O2P2. The van der Waals surface area contributed by atoms with Gasteiger partial charge in [-0.05, 0) is 0 Å². The van der Waals surface area contributed by atoms with Gasteiger partial charge >= 0.3 is 5.97 Å². The molecule has 0 saturated heterocycles. The minimum Gasteiger partial charge on any atom is -0.444 e. The highest BCUT2D eigenvalue weighted by Gasteiger charge is 1.82. The predicted molar refractivity (Wildman–Crippen MR) is 29.8 cm³/mol. The lowest BCUT2D eigenvalue weighted by Gasteiger charge is -1.88. The van der Waals surface area contributed by atoms with Crippen LogP contribution in [0.5, 0.6) is 0 Å². The maximum Gasteiger partial charge on any atom is 0.305 e. The van der Waals surface area contributed by atoms with Crippen molar-refractivity contribution in [1.29, 1.82) is 0 Å². The highest BCUT2D eigenvalue weighted by molar-refractivity contribution is 8.00. The minimum atomic E-state index is -0.219. The molecule has 0 aliphatic heterocycles. The summed E-state index contributed by atoms with van der Waals surface area (Å²) in [5.41, 5.74) is 0. The average Bonchev–Trinajstić information content (AvgIpc) is 1.35. The minimum absolute atomic E-state index is 0.205. The number of carbonyl (C=O) groups is 1. The molecule has 0 spiro atoms. The third-order valence-electron chi connectivity index (χ3n) is 0.203. The number of hydrogen-bond acceptors (Lipinski definition) is 2. The van der Waals surface area contributed by atoms with Crippen molar-refractivity contribution in [3.8, 4) is 0 Å². The third-order valence-corrected chi connectivity index (χ3v) is 0.962. The summed E-state index contributed by atoms with van der Waals surface area (Å²) in [6, 6.07) is 0. The van der Waals surface area contributed by atoms with E-state index < -0.39 is 0 Å². The van der Waals surface area contributed by atoms with Gasteiger partial charge in [0.1, 0.15) is 0 Å². The molecule has 0 rings (SSSR count). The highest BCUT2D eigenvalue weighted by Crippen LogP contribution is 2.20. The third kappa shape index (κ3) is 4.33. The Morgan fingerprint density at radius 1 is 2.00 bits per heavy atom. The van der Waals surface area contributed by atoms with Gasteiger partial charge in [-0.1, -0.05) is 8.93 Å². The molecule has 0 aromatic rings. The molecule has 4 heteroatoms. The van der Waals surface area contributed by atoms with Crippen molar-refractivity contribution < 1.29 is 9.32 Å². The zero-order valence-electron chi connectivity index (χ0n) is 3.39. The molecular weight excluding hydrogens is 118 g/mol. The van der Waals surface area contributed by atoms with E-state index in [1.54, 1.807) is 0 Å². The van der Waals surface area contributed by atoms with Gasteiger partial charge in [0.2, 0.25) is 0 Å². The molecule has 0 aromatic carbocycles. The van der Waals surface area contributed by atoms with Crippen LogP contribution in [0.25, 0.3) is 0 Å². The van der Waals surface area contributed by atoms with Crippen molar-refractivity contribution in [2.45, 2.75) is 6.92 Å². The van der Waals surface area contributed by atoms with E-state index in [0.29, 0.717) is 0 Å². The van der Waals surface area contributed by atoms with Crippen LogP contribution < -0.4 is 0 Å². The summed E-state index contributed by atoms with van der Waals surface area (Å²) in [7, 11) is 2.51. The molecule has 2 atom stereocenters. The van der Waals surface area contributed by atoms with E-state index in [1.165, 1.54) is 6.92 Å². The Morgan fingerprint density at radius 3 is 2.50 bits per heavy atom. The molecule has 36 valence electrons. The molecule has 0 heterocycles. The van der Waals surface area contributed by atoms with E-state index in [-0.39, 0.29) is 14.5 Å². The summed E-state index contributed by atoms with van der Waals surface area (Å²) in [4.78, 5) is 9.82. The molecule has 0 aliphatic rings. The first-order valence-electron chi connectivity index (χ1n) is 1.40. The Kier molecular flexibility index (Phi) is 3.71. The van der Waals surface area contributed by atoms with Crippen LogP contribution in [0.2, 0.25) is 0 Å². The first-order valence-corrected chi connectivity index (χ1v) is 4.12. The van der Waals surface area contributed by atoms with Gasteiger partial charge < -0.3 is 4.52 Å². The van der Waals surface area contributed by atoms with Crippen molar-refractivity contribution in [3.05, 3.63) is 0 Å². The average molecular weight is 124 g/mol. The smallest absolute Gasteiger partial charge is 0.305 e. The van der Waals surface area contributed by atoms with Crippen molar-refractivity contribution >= 4 is 23.4 Å². The first-order chi connectivity index (χ1) is 2.77. The van der Waals surface area contributed by atoms with Crippen molar-refractivity contribution in [1.82, 2.24) is 0 Å². The summed E-state index contributed by atoms with van der Waals surface area (Å²) in [6.45, 7) is 1.39. The molecule has 2 nitrogen and oxygen atoms in total. The van der Waals surface area contributed by atoms with E-state index in [2.05, 4.69) is 13.5 Å². The summed E-state index contributed by atoms with van der Waals surface area (Å²) in [6.07, 6.45) is 0. The zero-order chi connectivity index (χ0) is 4.99. The molecule has 0 radical (unpaired) electrons. The van der Waals surface area contributed by atoms with Crippen molar-refractivity contribution in [2.24, 2.45) is 0 Å². The fraction of sp³-hybridized carbons (Fsp3) is 0.500. The second-order valence-electron chi connectivity index (χ2n) is 0.711. The van der Waals surface area contributed by atoms with Crippen LogP contribution in [0.3, 0.4) is 0 Å². The van der Waals surface area contributed by atoms with Gasteiger partial charge in [-0.25, -0.2) is 0 Å². The van der Waals surface area contributed by atoms with Gasteiger partial charge in [0.15, 0.2) is 0 Å². The standard InChI is InChI=1S/C2H6O2P2/c1-2(3)4-6-5/h6H,5H2,1H3. The molecule has 0 aliphatic carbocycles. The number of carbonyl (C=O) groups excluding carboxylic acids is 1. The van der Waals surface area contributed by atoms with Gasteiger partial charge in [0, 0.05) is 6.92 Å². The van der Waals surface area contributed by atoms with E-state index in [4.69, 9.17) is 0 Å². The maximum absolute atomic E-state index is 9.82. The van der Waals surface area contributed by atoms with Crippen LogP contribution in [-0.2, 0) is 9.32 Å². The fourth-order valence-corrected chi connectivity index (χ4v) is 0.747. The van der Waals surface area contributed by atoms with E-state index in [9.17, 15) is 4.79 Å². The predicted octanol–water partition coefficient (Wildman–Crippen LogP) is 0.933. The van der Waals surface area contributed by atoms with Crippen LogP contribution in [0.1, 0.15) is 6.92 Å². The normalized spacial score (nSPS) is 9.67. The van der Waals surface area contributed by atoms with Gasteiger partial charge in [-0.2, -0.15) is 0 Å². The van der Waals surface area contributed by atoms with Crippen LogP contribution in [0.15, 0.2) is 0 Å². The molecule has 0 bridgehead atoms. The molecule has 0 aromatic heterocycles.